The average Bonchev–Trinajstić information content (AvgIpc) is 3.16. The van der Waals surface area contributed by atoms with E-state index >= 15 is 0 Å². The summed E-state index contributed by atoms with van der Waals surface area (Å²) in [6.45, 7) is 0. The van der Waals surface area contributed by atoms with Crippen molar-refractivity contribution in [2.45, 2.75) is 25.2 Å². The summed E-state index contributed by atoms with van der Waals surface area (Å²) in [5.74, 6) is 1.26. The molecule has 98 valence electrons. The number of rotatable bonds is 3. The van der Waals surface area contributed by atoms with Crippen LogP contribution >= 0.6 is 34.8 Å². The van der Waals surface area contributed by atoms with Gasteiger partial charge in [-0.25, -0.2) is 9.97 Å². The molecule has 0 bridgehead atoms. The predicted molar refractivity (Wildman–Crippen MR) is 78.3 cm³/mol. The van der Waals surface area contributed by atoms with Gasteiger partial charge in [0.25, 0.3) is 0 Å². The second-order valence-electron chi connectivity index (χ2n) is 4.72. The third kappa shape index (κ3) is 3.19. The molecule has 2 nitrogen and oxygen atoms in total. The number of aromatic nitrogens is 2. The second kappa shape index (κ2) is 5.28. The lowest BCUT2D eigenvalue weighted by Crippen LogP contribution is -2.00. The van der Waals surface area contributed by atoms with Gasteiger partial charge in [-0.3, -0.25) is 0 Å². The third-order valence-corrected chi connectivity index (χ3v) is 3.90. The molecule has 0 atom stereocenters. The van der Waals surface area contributed by atoms with Crippen molar-refractivity contribution in [3.8, 4) is 0 Å². The minimum atomic E-state index is 0.497. The molecule has 1 fully saturated rings. The van der Waals surface area contributed by atoms with Crippen LogP contribution in [0.15, 0.2) is 24.3 Å². The Morgan fingerprint density at radius 3 is 2.53 bits per heavy atom. The largest absolute Gasteiger partial charge is 0.237 e. The zero-order chi connectivity index (χ0) is 13.4. The van der Waals surface area contributed by atoms with Gasteiger partial charge in [-0.15, -0.1) is 0 Å². The van der Waals surface area contributed by atoms with Crippen LogP contribution in [0, 0.1) is 0 Å². The van der Waals surface area contributed by atoms with Gasteiger partial charge in [0.1, 0.15) is 11.0 Å². The van der Waals surface area contributed by atoms with Crippen molar-refractivity contribution in [1.82, 2.24) is 9.97 Å². The molecule has 0 aliphatic heterocycles. The second-order valence-corrected chi connectivity index (χ2v) is 5.95. The number of hydrogen-bond acceptors (Lipinski definition) is 2. The monoisotopic (exact) mass is 312 g/mol. The van der Waals surface area contributed by atoms with E-state index in [2.05, 4.69) is 9.97 Å². The van der Waals surface area contributed by atoms with Gasteiger partial charge in [0.2, 0.25) is 0 Å². The van der Waals surface area contributed by atoms with Crippen molar-refractivity contribution >= 4 is 34.8 Å². The van der Waals surface area contributed by atoms with Crippen molar-refractivity contribution in [3.63, 3.8) is 0 Å². The molecule has 0 radical (unpaired) electrons. The molecule has 1 aliphatic rings. The molecule has 1 saturated carbocycles. The number of nitrogens with zero attached hydrogens (tertiary/aromatic N) is 2. The fourth-order valence-corrected chi connectivity index (χ4v) is 2.67. The van der Waals surface area contributed by atoms with Crippen LogP contribution in [0.2, 0.25) is 15.2 Å². The molecule has 19 heavy (non-hydrogen) atoms. The maximum Gasteiger partial charge on any atom is 0.134 e. The average molecular weight is 314 g/mol. The lowest BCUT2D eigenvalue weighted by molar-refractivity contribution is 0.900. The molecule has 5 heteroatoms. The quantitative estimate of drug-likeness (QED) is 0.753. The molecule has 2 aromatic rings. The summed E-state index contributed by atoms with van der Waals surface area (Å²) >= 11 is 18.1. The maximum atomic E-state index is 6.16. The molecule has 1 aromatic carbocycles. The molecular formula is C14H11Cl3N2. The Morgan fingerprint density at radius 1 is 1.05 bits per heavy atom. The van der Waals surface area contributed by atoms with Crippen LogP contribution in [0.1, 0.15) is 35.8 Å². The number of hydrogen-bond donors (Lipinski definition) is 0. The summed E-state index contributed by atoms with van der Waals surface area (Å²) in [7, 11) is 0. The molecule has 0 N–H and O–H groups in total. The molecule has 1 aromatic heterocycles. The van der Waals surface area contributed by atoms with Crippen LogP contribution in [-0.4, -0.2) is 9.97 Å². The first-order chi connectivity index (χ1) is 9.11. The zero-order valence-electron chi connectivity index (χ0n) is 10.0. The fraction of sp³-hybridized carbons (Fsp3) is 0.286. The van der Waals surface area contributed by atoms with Crippen molar-refractivity contribution in [2.75, 3.05) is 0 Å². The molecule has 1 aliphatic carbocycles. The molecule has 0 spiro atoms. The van der Waals surface area contributed by atoms with Gasteiger partial charge >= 0.3 is 0 Å². The topological polar surface area (TPSA) is 25.8 Å². The standard InChI is InChI=1S/C14H11Cl3N2/c15-10-4-3-9(11(16)6-10)5-14-18-12(8-1-2-8)7-13(17)19-14/h3-4,6-8H,1-2,5H2. The van der Waals surface area contributed by atoms with Crippen molar-refractivity contribution in [3.05, 3.63) is 56.5 Å². The Hall–Kier alpha value is -0.830. The lowest BCUT2D eigenvalue weighted by Gasteiger charge is -2.06. The van der Waals surface area contributed by atoms with Gasteiger partial charge in [0.05, 0.1) is 0 Å². The van der Waals surface area contributed by atoms with Crippen molar-refractivity contribution in [1.29, 1.82) is 0 Å². The lowest BCUT2D eigenvalue weighted by atomic mass is 10.1. The summed E-state index contributed by atoms with van der Waals surface area (Å²) in [5, 5.41) is 1.75. The smallest absolute Gasteiger partial charge is 0.134 e. The van der Waals surface area contributed by atoms with E-state index in [1.807, 2.05) is 18.2 Å². The minimum absolute atomic E-state index is 0.497. The summed E-state index contributed by atoms with van der Waals surface area (Å²) in [6.07, 6.45) is 2.94. The Morgan fingerprint density at radius 2 is 1.84 bits per heavy atom. The first-order valence-electron chi connectivity index (χ1n) is 6.09. The highest BCUT2D eigenvalue weighted by molar-refractivity contribution is 6.35. The Bertz CT molecular complexity index is 624. The maximum absolute atomic E-state index is 6.16. The highest BCUT2D eigenvalue weighted by Crippen LogP contribution is 2.39. The Kier molecular flexibility index (Phi) is 3.66. The van der Waals surface area contributed by atoms with E-state index in [1.165, 1.54) is 12.8 Å². The van der Waals surface area contributed by atoms with Crippen LogP contribution in [0.4, 0.5) is 0 Å². The van der Waals surface area contributed by atoms with Crippen molar-refractivity contribution in [2.24, 2.45) is 0 Å². The Balaban J connectivity index is 1.89. The van der Waals surface area contributed by atoms with Crippen LogP contribution in [0.5, 0.6) is 0 Å². The summed E-state index contributed by atoms with van der Waals surface area (Å²) in [6, 6.07) is 7.29. The van der Waals surface area contributed by atoms with Gasteiger partial charge < -0.3 is 0 Å². The van der Waals surface area contributed by atoms with Crippen LogP contribution in [0.25, 0.3) is 0 Å². The number of halogens is 3. The van der Waals surface area contributed by atoms with Gasteiger partial charge in [0.15, 0.2) is 0 Å². The highest BCUT2D eigenvalue weighted by atomic mass is 35.5. The van der Waals surface area contributed by atoms with Gasteiger partial charge in [-0.2, -0.15) is 0 Å². The van der Waals surface area contributed by atoms with Gasteiger partial charge in [0, 0.05) is 28.1 Å². The summed E-state index contributed by atoms with van der Waals surface area (Å²) in [5.41, 5.74) is 2.00. The third-order valence-electron chi connectivity index (χ3n) is 3.12. The van der Waals surface area contributed by atoms with E-state index in [4.69, 9.17) is 34.8 Å². The van der Waals surface area contributed by atoms with Gasteiger partial charge in [-0.1, -0.05) is 40.9 Å². The van der Waals surface area contributed by atoms with E-state index in [9.17, 15) is 0 Å². The SMILES string of the molecule is Clc1ccc(Cc2nc(Cl)cc(C3CC3)n2)c(Cl)c1. The minimum Gasteiger partial charge on any atom is -0.237 e. The van der Waals surface area contributed by atoms with Crippen LogP contribution in [-0.2, 0) is 6.42 Å². The predicted octanol–water partition coefficient (Wildman–Crippen LogP) is 4.91. The Labute approximate surface area is 126 Å². The fourth-order valence-electron chi connectivity index (χ4n) is 1.99. The van der Waals surface area contributed by atoms with Crippen LogP contribution in [0.3, 0.4) is 0 Å². The molecule has 0 amide bonds. The summed E-state index contributed by atoms with van der Waals surface area (Å²) in [4.78, 5) is 8.83. The van der Waals surface area contributed by atoms with Crippen molar-refractivity contribution < 1.29 is 0 Å². The van der Waals surface area contributed by atoms with Crippen LogP contribution < -0.4 is 0 Å². The molecule has 0 saturated heterocycles. The van der Waals surface area contributed by atoms with E-state index in [0.717, 1.165) is 11.3 Å². The van der Waals surface area contributed by atoms with E-state index in [0.29, 0.717) is 33.4 Å². The zero-order valence-corrected chi connectivity index (χ0v) is 12.3. The first-order valence-corrected chi connectivity index (χ1v) is 7.22. The summed E-state index contributed by atoms with van der Waals surface area (Å²) < 4.78 is 0. The van der Waals surface area contributed by atoms with Gasteiger partial charge in [-0.05, 0) is 36.6 Å². The normalized spacial score (nSPS) is 14.7. The van der Waals surface area contributed by atoms with E-state index in [-0.39, 0.29) is 0 Å². The molecular weight excluding hydrogens is 303 g/mol. The van der Waals surface area contributed by atoms with E-state index < -0.39 is 0 Å². The number of benzene rings is 1. The highest BCUT2D eigenvalue weighted by Gasteiger charge is 2.26. The van der Waals surface area contributed by atoms with E-state index in [1.54, 1.807) is 6.07 Å². The molecule has 1 heterocycles. The first kappa shape index (κ1) is 13.2. The molecule has 0 unspecified atom stereocenters. The molecule has 3 rings (SSSR count).